The Kier molecular flexibility index (Phi) is 5.28. The van der Waals surface area contributed by atoms with E-state index in [1.165, 1.54) is 33.7 Å². The minimum Gasteiger partial charge on any atom is -0.326 e. The largest absolute Gasteiger partial charge is 0.326 e. The van der Waals surface area contributed by atoms with Gasteiger partial charge >= 0.3 is 0 Å². The highest BCUT2D eigenvalue weighted by molar-refractivity contribution is 7.15. The third-order valence-corrected chi connectivity index (χ3v) is 6.65. The minimum atomic E-state index is 0.0368. The molecule has 0 bridgehead atoms. The Balaban J connectivity index is 1.44. The van der Waals surface area contributed by atoms with Crippen LogP contribution in [0.1, 0.15) is 40.6 Å². The van der Waals surface area contributed by atoms with Gasteiger partial charge in [0, 0.05) is 39.2 Å². The van der Waals surface area contributed by atoms with Gasteiger partial charge in [-0.2, -0.15) is 0 Å². The number of hydrogen-bond acceptors (Lipinski definition) is 3. The fraction of sp³-hybridized carbons (Fsp3) is 0.348. The molecule has 0 saturated heterocycles. The van der Waals surface area contributed by atoms with E-state index in [0.717, 1.165) is 36.2 Å². The van der Waals surface area contributed by atoms with Gasteiger partial charge in [0.2, 0.25) is 0 Å². The van der Waals surface area contributed by atoms with E-state index in [1.807, 2.05) is 25.2 Å². The molecule has 1 atom stereocenters. The summed E-state index contributed by atoms with van der Waals surface area (Å²) in [6.45, 7) is 4.91. The topological polar surface area (TPSA) is 44.9 Å². The van der Waals surface area contributed by atoms with Crippen LogP contribution in [0, 0.1) is 6.92 Å². The molecule has 2 N–H and O–H groups in total. The maximum Gasteiger partial charge on any atom is 0.251 e. The number of hydrogen-bond donors (Lipinski definition) is 2. The highest BCUT2D eigenvalue weighted by Crippen LogP contribution is 2.30. The van der Waals surface area contributed by atoms with Crippen LogP contribution < -0.4 is 10.9 Å². The predicted molar refractivity (Wildman–Crippen MR) is 114 cm³/mol. The van der Waals surface area contributed by atoms with Crippen molar-refractivity contribution in [3.63, 3.8) is 0 Å². The Labute approximate surface area is 164 Å². The van der Waals surface area contributed by atoms with Gasteiger partial charge in [-0.15, -0.1) is 11.3 Å². The first-order valence-corrected chi connectivity index (χ1v) is 10.6. The predicted octanol–water partition coefficient (Wildman–Crippen LogP) is 4.62. The van der Waals surface area contributed by atoms with Crippen molar-refractivity contribution >= 4 is 11.3 Å². The molecule has 2 heterocycles. The molecule has 0 spiro atoms. The number of pyridine rings is 1. The third kappa shape index (κ3) is 3.92. The van der Waals surface area contributed by atoms with Crippen LogP contribution in [0.15, 0.2) is 47.3 Å². The molecule has 0 fully saturated rings. The van der Waals surface area contributed by atoms with Crippen LogP contribution in [-0.4, -0.2) is 11.0 Å². The van der Waals surface area contributed by atoms with Crippen LogP contribution in [0.3, 0.4) is 0 Å². The second-order valence-electron chi connectivity index (χ2n) is 7.37. The van der Waals surface area contributed by atoms with Crippen LogP contribution in [0.25, 0.3) is 10.4 Å². The summed E-state index contributed by atoms with van der Waals surface area (Å²) in [5, 5.41) is 3.74. The number of thiophene rings is 1. The van der Waals surface area contributed by atoms with E-state index < -0.39 is 0 Å². The number of H-pyrrole nitrogens is 1. The van der Waals surface area contributed by atoms with Gasteiger partial charge in [0.05, 0.1) is 0 Å². The number of rotatable bonds is 5. The Bertz CT molecular complexity index is 1000. The number of aryl methyl sites for hydroxylation is 3. The molecule has 27 heavy (non-hydrogen) atoms. The fourth-order valence-electron chi connectivity index (χ4n) is 3.92. The Morgan fingerprint density at radius 2 is 2.00 bits per heavy atom. The summed E-state index contributed by atoms with van der Waals surface area (Å²) in [6, 6.07) is 15.8. The summed E-state index contributed by atoms with van der Waals surface area (Å²) in [5.74, 6) is 0. The molecule has 0 saturated carbocycles. The molecule has 4 heteroatoms. The van der Waals surface area contributed by atoms with Gasteiger partial charge in [0.1, 0.15) is 0 Å². The molecule has 3 nitrogen and oxygen atoms in total. The molecule has 3 aromatic rings. The lowest BCUT2D eigenvalue weighted by molar-refractivity contribution is 0.459. The molecule has 0 aliphatic heterocycles. The van der Waals surface area contributed by atoms with Crippen LogP contribution in [0.5, 0.6) is 0 Å². The van der Waals surface area contributed by atoms with Crippen molar-refractivity contribution in [2.45, 2.75) is 52.1 Å². The van der Waals surface area contributed by atoms with Gasteiger partial charge in [-0.3, -0.25) is 4.79 Å². The van der Waals surface area contributed by atoms with Crippen molar-refractivity contribution < 1.29 is 0 Å². The van der Waals surface area contributed by atoms with Crippen molar-refractivity contribution in [3.05, 3.63) is 80.1 Å². The first-order chi connectivity index (χ1) is 13.1. The lowest BCUT2D eigenvalue weighted by Gasteiger charge is -2.25. The smallest absolute Gasteiger partial charge is 0.251 e. The van der Waals surface area contributed by atoms with Gasteiger partial charge in [0.15, 0.2) is 0 Å². The Morgan fingerprint density at radius 1 is 1.19 bits per heavy atom. The quantitative estimate of drug-likeness (QED) is 0.680. The van der Waals surface area contributed by atoms with Crippen LogP contribution in [0.4, 0.5) is 0 Å². The van der Waals surface area contributed by atoms with Gasteiger partial charge in [-0.1, -0.05) is 31.2 Å². The lowest BCUT2D eigenvalue weighted by atomic mass is 9.88. The van der Waals surface area contributed by atoms with E-state index >= 15 is 0 Å². The highest BCUT2D eigenvalue weighted by Gasteiger charge is 2.18. The zero-order chi connectivity index (χ0) is 18.8. The summed E-state index contributed by atoms with van der Waals surface area (Å²) >= 11 is 1.81. The standard InChI is InChI=1S/C23H26N2OS/c1-3-16-13-21(15(2)25-23(16)26)22-11-10-20(27-22)14-24-19-9-8-17-6-4-5-7-18(17)12-19/h4-7,10-11,13,19,24H,3,8-9,12,14H2,1-2H3,(H,25,26). The monoisotopic (exact) mass is 378 g/mol. The number of benzene rings is 1. The van der Waals surface area contributed by atoms with E-state index in [2.05, 4.69) is 52.8 Å². The maximum absolute atomic E-state index is 12.0. The molecule has 1 aliphatic rings. The average Bonchev–Trinajstić information content (AvgIpc) is 3.15. The van der Waals surface area contributed by atoms with Gasteiger partial charge < -0.3 is 10.3 Å². The zero-order valence-corrected chi connectivity index (χ0v) is 16.8. The third-order valence-electron chi connectivity index (χ3n) is 5.54. The van der Waals surface area contributed by atoms with Crippen LogP contribution >= 0.6 is 11.3 Å². The summed E-state index contributed by atoms with van der Waals surface area (Å²) in [6.07, 6.45) is 4.24. The molecule has 4 rings (SSSR count). The number of nitrogens with one attached hydrogen (secondary N) is 2. The zero-order valence-electron chi connectivity index (χ0n) is 16.0. The Hall–Kier alpha value is -2.17. The van der Waals surface area contributed by atoms with E-state index in [0.29, 0.717) is 6.04 Å². The average molecular weight is 379 g/mol. The molecule has 0 radical (unpaired) electrons. The van der Waals surface area contributed by atoms with Crippen molar-refractivity contribution in [1.29, 1.82) is 0 Å². The number of fused-ring (bicyclic) bond motifs is 1. The summed E-state index contributed by atoms with van der Waals surface area (Å²) in [7, 11) is 0. The molecule has 2 aromatic heterocycles. The van der Waals surface area contributed by atoms with Crippen molar-refractivity contribution in [3.8, 4) is 10.4 Å². The van der Waals surface area contributed by atoms with E-state index in [9.17, 15) is 4.79 Å². The normalized spacial score (nSPS) is 16.3. The molecule has 140 valence electrons. The molecule has 1 unspecified atom stereocenters. The molecule has 0 amide bonds. The van der Waals surface area contributed by atoms with E-state index in [-0.39, 0.29) is 5.56 Å². The van der Waals surface area contributed by atoms with Gasteiger partial charge in [-0.25, -0.2) is 0 Å². The fourth-order valence-corrected chi connectivity index (χ4v) is 4.95. The summed E-state index contributed by atoms with van der Waals surface area (Å²) in [4.78, 5) is 17.5. The highest BCUT2D eigenvalue weighted by atomic mass is 32.1. The lowest BCUT2D eigenvalue weighted by Crippen LogP contribution is -2.33. The molecular weight excluding hydrogens is 352 g/mol. The maximum atomic E-state index is 12.0. The Morgan fingerprint density at radius 3 is 2.81 bits per heavy atom. The van der Waals surface area contributed by atoms with Crippen molar-refractivity contribution in [2.24, 2.45) is 0 Å². The molecule has 1 aromatic carbocycles. The van der Waals surface area contributed by atoms with Gasteiger partial charge in [0.25, 0.3) is 5.56 Å². The van der Waals surface area contributed by atoms with Crippen LogP contribution in [0.2, 0.25) is 0 Å². The second-order valence-corrected chi connectivity index (χ2v) is 8.54. The van der Waals surface area contributed by atoms with Gasteiger partial charge in [-0.05, 0) is 61.9 Å². The van der Waals surface area contributed by atoms with Crippen molar-refractivity contribution in [2.75, 3.05) is 0 Å². The minimum absolute atomic E-state index is 0.0368. The molecule has 1 aliphatic carbocycles. The summed E-state index contributed by atoms with van der Waals surface area (Å²) in [5.41, 5.74) is 5.98. The van der Waals surface area contributed by atoms with Crippen LogP contribution in [-0.2, 0) is 25.8 Å². The summed E-state index contributed by atoms with van der Waals surface area (Å²) < 4.78 is 0. The number of aromatic nitrogens is 1. The van der Waals surface area contributed by atoms with E-state index in [4.69, 9.17) is 0 Å². The first kappa shape index (κ1) is 18.2. The number of aromatic amines is 1. The molecular formula is C23H26N2OS. The van der Waals surface area contributed by atoms with Crippen molar-refractivity contribution in [1.82, 2.24) is 10.3 Å². The van der Waals surface area contributed by atoms with E-state index in [1.54, 1.807) is 0 Å². The first-order valence-electron chi connectivity index (χ1n) is 9.76. The SMILES string of the molecule is CCc1cc(-c2ccc(CNC3CCc4ccccc4C3)s2)c(C)[nH]c1=O. The second kappa shape index (κ2) is 7.83.